The molecule has 0 bridgehead atoms. The molecule has 2 heteroatoms. The molecule has 0 heterocycles. The van der Waals surface area contributed by atoms with Crippen LogP contribution in [0.2, 0.25) is 0 Å². The molecule has 3 aliphatic rings. The van der Waals surface area contributed by atoms with Gasteiger partial charge >= 0.3 is 0 Å². The quantitative estimate of drug-likeness (QED) is 0.847. The van der Waals surface area contributed by atoms with Crippen LogP contribution in [0.3, 0.4) is 0 Å². The summed E-state index contributed by atoms with van der Waals surface area (Å²) < 4.78 is 0. The largest absolute Gasteiger partial charge is 0.329 e. The van der Waals surface area contributed by atoms with Gasteiger partial charge in [-0.25, -0.2) is 0 Å². The van der Waals surface area contributed by atoms with Crippen LogP contribution in [0.1, 0.15) is 71.1 Å². The Morgan fingerprint density at radius 1 is 1.05 bits per heavy atom. The normalized spacial score (nSPS) is 42.9. The highest BCUT2D eigenvalue weighted by Gasteiger charge is 2.45. The Balaban J connectivity index is 1.69. The maximum Gasteiger partial charge on any atom is 0.0334 e. The molecule has 0 spiro atoms. The van der Waals surface area contributed by atoms with Crippen LogP contribution in [0, 0.1) is 17.8 Å². The van der Waals surface area contributed by atoms with Gasteiger partial charge in [-0.05, 0) is 63.3 Å². The summed E-state index contributed by atoms with van der Waals surface area (Å²) in [5.41, 5.74) is 6.65. The summed E-state index contributed by atoms with van der Waals surface area (Å²) in [6.07, 6.45) is 14.2. The molecule has 3 saturated carbocycles. The van der Waals surface area contributed by atoms with E-state index in [0.717, 1.165) is 30.3 Å². The van der Waals surface area contributed by atoms with E-state index < -0.39 is 0 Å². The summed E-state index contributed by atoms with van der Waals surface area (Å²) >= 11 is 0. The number of likely N-dealkylation sites (N-methyl/N-ethyl adjacent to an activating group) is 1. The number of hydrogen-bond donors (Lipinski definition) is 1. The van der Waals surface area contributed by atoms with Crippen molar-refractivity contribution in [3.8, 4) is 0 Å². The van der Waals surface area contributed by atoms with Crippen LogP contribution >= 0.6 is 0 Å². The highest BCUT2D eigenvalue weighted by atomic mass is 15.2. The highest BCUT2D eigenvalue weighted by Crippen LogP contribution is 2.48. The smallest absolute Gasteiger partial charge is 0.0334 e. The van der Waals surface area contributed by atoms with E-state index in [0.29, 0.717) is 5.54 Å². The Labute approximate surface area is 125 Å². The number of rotatable bonds is 4. The van der Waals surface area contributed by atoms with E-state index in [1.165, 1.54) is 64.2 Å². The molecule has 3 rings (SSSR count). The van der Waals surface area contributed by atoms with Crippen molar-refractivity contribution in [2.24, 2.45) is 23.5 Å². The van der Waals surface area contributed by atoms with Crippen molar-refractivity contribution in [1.29, 1.82) is 0 Å². The van der Waals surface area contributed by atoms with Crippen molar-refractivity contribution in [1.82, 2.24) is 4.90 Å². The molecule has 2 nitrogen and oxygen atoms in total. The van der Waals surface area contributed by atoms with Gasteiger partial charge in [-0.1, -0.05) is 32.6 Å². The average molecular weight is 278 g/mol. The topological polar surface area (TPSA) is 29.3 Å². The third kappa shape index (κ3) is 2.92. The first-order valence-electron chi connectivity index (χ1n) is 9.07. The summed E-state index contributed by atoms with van der Waals surface area (Å²) in [6, 6.07) is 0.792. The molecule has 0 aromatic rings. The lowest BCUT2D eigenvalue weighted by Crippen LogP contribution is -2.58. The Hall–Kier alpha value is -0.0800. The molecule has 3 fully saturated rings. The zero-order valence-corrected chi connectivity index (χ0v) is 13.6. The van der Waals surface area contributed by atoms with Crippen molar-refractivity contribution in [3.05, 3.63) is 0 Å². The standard InChI is InChI=1S/C18H34N2/c1-14-5-3-7-17(11-14)20(2)18(13-19)10-4-6-16(12-18)15-8-9-15/h14-17H,3-13,19H2,1-2H3. The lowest BCUT2D eigenvalue weighted by molar-refractivity contribution is 0.00164. The first-order chi connectivity index (χ1) is 9.64. The van der Waals surface area contributed by atoms with Crippen molar-refractivity contribution in [3.63, 3.8) is 0 Å². The Bertz CT molecular complexity index is 325. The van der Waals surface area contributed by atoms with Gasteiger partial charge < -0.3 is 5.73 Å². The van der Waals surface area contributed by atoms with Gasteiger partial charge in [-0.2, -0.15) is 0 Å². The molecule has 116 valence electrons. The van der Waals surface area contributed by atoms with Crippen molar-refractivity contribution in [2.75, 3.05) is 13.6 Å². The molecular weight excluding hydrogens is 244 g/mol. The van der Waals surface area contributed by atoms with Crippen molar-refractivity contribution < 1.29 is 0 Å². The summed E-state index contributed by atoms with van der Waals surface area (Å²) in [5, 5.41) is 0. The second-order valence-corrected chi connectivity index (χ2v) is 8.16. The Morgan fingerprint density at radius 3 is 2.50 bits per heavy atom. The van der Waals surface area contributed by atoms with E-state index in [2.05, 4.69) is 18.9 Å². The third-order valence-electron chi connectivity index (χ3n) is 6.73. The average Bonchev–Trinajstić information content (AvgIpc) is 3.31. The molecule has 0 saturated heterocycles. The zero-order valence-electron chi connectivity index (χ0n) is 13.6. The lowest BCUT2D eigenvalue weighted by Gasteiger charge is -2.51. The van der Waals surface area contributed by atoms with Crippen LogP contribution in [0.15, 0.2) is 0 Å². The maximum atomic E-state index is 6.32. The summed E-state index contributed by atoms with van der Waals surface area (Å²) in [5.74, 6) is 2.95. The van der Waals surface area contributed by atoms with Gasteiger partial charge in [0, 0.05) is 18.1 Å². The molecule has 2 N–H and O–H groups in total. The molecule has 0 aromatic carbocycles. The van der Waals surface area contributed by atoms with Gasteiger partial charge in [0.25, 0.3) is 0 Å². The maximum absolute atomic E-state index is 6.32. The lowest BCUT2D eigenvalue weighted by atomic mass is 9.71. The van der Waals surface area contributed by atoms with Crippen molar-refractivity contribution >= 4 is 0 Å². The van der Waals surface area contributed by atoms with Gasteiger partial charge in [0.1, 0.15) is 0 Å². The van der Waals surface area contributed by atoms with Gasteiger partial charge in [0.15, 0.2) is 0 Å². The van der Waals surface area contributed by atoms with Gasteiger partial charge in [-0.15, -0.1) is 0 Å². The summed E-state index contributed by atoms with van der Waals surface area (Å²) in [7, 11) is 2.39. The third-order valence-corrected chi connectivity index (χ3v) is 6.73. The fourth-order valence-electron chi connectivity index (χ4n) is 5.15. The monoisotopic (exact) mass is 278 g/mol. The molecule has 4 atom stereocenters. The number of nitrogens with zero attached hydrogens (tertiary/aromatic N) is 1. The molecule has 0 radical (unpaired) electrons. The van der Waals surface area contributed by atoms with Crippen LogP contribution in [0.5, 0.6) is 0 Å². The predicted molar refractivity (Wildman–Crippen MR) is 85.7 cm³/mol. The van der Waals surface area contributed by atoms with E-state index in [4.69, 9.17) is 5.73 Å². The van der Waals surface area contributed by atoms with Crippen LogP contribution in [-0.2, 0) is 0 Å². The van der Waals surface area contributed by atoms with E-state index in [1.54, 1.807) is 0 Å². The Morgan fingerprint density at radius 2 is 1.85 bits per heavy atom. The molecule has 0 amide bonds. The van der Waals surface area contributed by atoms with Crippen molar-refractivity contribution in [2.45, 2.75) is 82.7 Å². The minimum atomic E-state index is 0.327. The Kier molecular flexibility index (Phi) is 4.42. The predicted octanol–water partition coefficient (Wildman–Crippen LogP) is 3.79. The van der Waals surface area contributed by atoms with E-state index >= 15 is 0 Å². The van der Waals surface area contributed by atoms with Gasteiger partial charge in [0.2, 0.25) is 0 Å². The fraction of sp³-hybridized carbons (Fsp3) is 1.00. The number of nitrogens with two attached hydrogens (primary N) is 1. The first-order valence-corrected chi connectivity index (χ1v) is 9.07. The fourth-order valence-corrected chi connectivity index (χ4v) is 5.15. The second kappa shape index (κ2) is 5.96. The van der Waals surface area contributed by atoms with E-state index in [-0.39, 0.29) is 0 Å². The van der Waals surface area contributed by atoms with Crippen LogP contribution in [0.25, 0.3) is 0 Å². The molecule has 0 aromatic heterocycles. The number of hydrogen-bond acceptors (Lipinski definition) is 2. The highest BCUT2D eigenvalue weighted by molar-refractivity contribution is 5.01. The molecule has 3 aliphatic carbocycles. The van der Waals surface area contributed by atoms with Gasteiger partial charge in [-0.3, -0.25) is 4.90 Å². The molecule has 20 heavy (non-hydrogen) atoms. The minimum absolute atomic E-state index is 0.327. The first kappa shape index (κ1) is 14.8. The molecular formula is C18H34N2. The van der Waals surface area contributed by atoms with Crippen LogP contribution in [-0.4, -0.2) is 30.1 Å². The minimum Gasteiger partial charge on any atom is -0.329 e. The van der Waals surface area contributed by atoms with Crippen LogP contribution in [0.4, 0.5) is 0 Å². The van der Waals surface area contributed by atoms with E-state index in [1.807, 2.05) is 0 Å². The summed E-state index contributed by atoms with van der Waals surface area (Å²) in [6.45, 7) is 3.31. The van der Waals surface area contributed by atoms with E-state index in [9.17, 15) is 0 Å². The summed E-state index contributed by atoms with van der Waals surface area (Å²) in [4.78, 5) is 2.75. The SMILES string of the molecule is CC1CCCC(N(C)C2(CN)CCCC(C3CC3)C2)C1. The second-order valence-electron chi connectivity index (χ2n) is 8.16. The zero-order chi connectivity index (χ0) is 14.2. The van der Waals surface area contributed by atoms with Crippen LogP contribution < -0.4 is 5.73 Å². The molecule has 4 unspecified atom stereocenters. The van der Waals surface area contributed by atoms with Gasteiger partial charge in [0.05, 0.1) is 0 Å². The molecule has 0 aliphatic heterocycles.